The number of halogens is 1. The molecule has 0 saturated heterocycles. The lowest BCUT2D eigenvalue weighted by atomic mass is 10.0. The van der Waals surface area contributed by atoms with E-state index < -0.39 is 17.9 Å². The Hall–Kier alpha value is -1.62. The maximum atomic E-state index is 11.8. The molecule has 0 aliphatic heterocycles. The van der Waals surface area contributed by atoms with Crippen LogP contribution in [0.4, 0.5) is 4.79 Å². The van der Waals surface area contributed by atoms with Gasteiger partial charge in [0.15, 0.2) is 11.9 Å². The first-order valence-corrected chi connectivity index (χ1v) is 7.24. The highest BCUT2D eigenvalue weighted by atomic mass is 79.9. The Labute approximate surface area is 133 Å². The summed E-state index contributed by atoms with van der Waals surface area (Å²) in [4.78, 5) is 23.4. The van der Waals surface area contributed by atoms with E-state index >= 15 is 0 Å². The van der Waals surface area contributed by atoms with Gasteiger partial charge in [-0.05, 0) is 45.4 Å². The molecule has 0 aromatic heterocycles. The molecule has 0 N–H and O–H groups in total. The second-order valence-electron chi connectivity index (χ2n) is 5.60. The van der Waals surface area contributed by atoms with Crippen molar-refractivity contribution < 1.29 is 19.1 Å². The van der Waals surface area contributed by atoms with Crippen LogP contribution in [-0.2, 0) is 14.3 Å². The third kappa shape index (κ3) is 5.71. The van der Waals surface area contributed by atoms with Crippen LogP contribution in [0.1, 0.15) is 39.4 Å². The van der Waals surface area contributed by atoms with Crippen LogP contribution < -0.4 is 0 Å². The number of carbonyl (C=O) groups is 2. The average Bonchev–Trinajstić information content (AvgIpc) is 2.32. The molecule has 1 aromatic carbocycles. The van der Waals surface area contributed by atoms with Crippen molar-refractivity contribution in [1.29, 1.82) is 0 Å². The minimum Gasteiger partial charge on any atom is -0.429 e. The van der Waals surface area contributed by atoms with Crippen LogP contribution in [0, 0.1) is 0 Å². The zero-order chi connectivity index (χ0) is 16.2. The Balaban J connectivity index is 3.02. The molecule has 5 heteroatoms. The lowest BCUT2D eigenvalue weighted by Gasteiger charge is -2.23. The van der Waals surface area contributed by atoms with E-state index in [1.807, 2.05) is 6.07 Å². The normalized spacial score (nSPS) is 12.4. The van der Waals surface area contributed by atoms with E-state index in [4.69, 9.17) is 9.47 Å². The van der Waals surface area contributed by atoms with Crippen molar-refractivity contribution >= 4 is 27.9 Å². The molecule has 0 aliphatic rings. The molecular formula is C16H19BrO4. The van der Waals surface area contributed by atoms with E-state index in [9.17, 15) is 9.59 Å². The topological polar surface area (TPSA) is 52.6 Å². The van der Waals surface area contributed by atoms with Crippen LogP contribution in [0.3, 0.4) is 0 Å². The van der Waals surface area contributed by atoms with Crippen molar-refractivity contribution in [2.45, 2.75) is 39.4 Å². The van der Waals surface area contributed by atoms with Crippen molar-refractivity contribution in [3.05, 3.63) is 46.5 Å². The Morgan fingerprint density at radius 3 is 2.38 bits per heavy atom. The maximum absolute atomic E-state index is 11.8. The first-order valence-electron chi connectivity index (χ1n) is 6.45. The van der Waals surface area contributed by atoms with Gasteiger partial charge < -0.3 is 9.47 Å². The number of ketones is 1. The Bertz CT molecular complexity index is 558. The van der Waals surface area contributed by atoms with Gasteiger partial charge in [0, 0.05) is 10.0 Å². The standard InChI is InChI=1S/C16H19BrO4/c1-10(11(2)18)14(12-7-6-8-13(17)9-12)20-15(19)21-16(3,4)5/h6-9,14H,1H2,2-5H3. The predicted molar refractivity (Wildman–Crippen MR) is 84.0 cm³/mol. The molecule has 0 heterocycles. The second-order valence-corrected chi connectivity index (χ2v) is 6.51. The molecule has 21 heavy (non-hydrogen) atoms. The van der Waals surface area contributed by atoms with Crippen molar-refractivity contribution in [1.82, 2.24) is 0 Å². The quantitative estimate of drug-likeness (QED) is 0.586. The number of benzene rings is 1. The van der Waals surface area contributed by atoms with E-state index in [0.29, 0.717) is 5.56 Å². The molecule has 1 atom stereocenters. The van der Waals surface area contributed by atoms with Gasteiger partial charge in [-0.1, -0.05) is 34.6 Å². The zero-order valence-electron chi connectivity index (χ0n) is 12.6. The van der Waals surface area contributed by atoms with Gasteiger partial charge in [-0.3, -0.25) is 4.79 Å². The van der Waals surface area contributed by atoms with Gasteiger partial charge in [-0.15, -0.1) is 0 Å². The number of hydrogen-bond acceptors (Lipinski definition) is 4. The third-order valence-electron chi connectivity index (χ3n) is 2.52. The summed E-state index contributed by atoms with van der Waals surface area (Å²) in [5, 5.41) is 0. The number of rotatable bonds is 4. The molecule has 1 rings (SSSR count). The highest BCUT2D eigenvalue weighted by Crippen LogP contribution is 2.28. The molecule has 0 radical (unpaired) electrons. The fraction of sp³-hybridized carbons (Fsp3) is 0.375. The van der Waals surface area contributed by atoms with Crippen LogP contribution in [0.2, 0.25) is 0 Å². The van der Waals surface area contributed by atoms with E-state index in [0.717, 1.165) is 4.47 Å². The Kier molecular flexibility index (Phi) is 5.72. The van der Waals surface area contributed by atoms with Crippen molar-refractivity contribution in [2.75, 3.05) is 0 Å². The van der Waals surface area contributed by atoms with Gasteiger partial charge in [-0.2, -0.15) is 0 Å². The summed E-state index contributed by atoms with van der Waals surface area (Å²) in [5.74, 6) is -0.247. The lowest BCUT2D eigenvalue weighted by Crippen LogP contribution is -2.26. The minimum atomic E-state index is -0.866. The van der Waals surface area contributed by atoms with Crippen LogP contribution in [0.5, 0.6) is 0 Å². The predicted octanol–water partition coefficient (Wildman–Crippen LogP) is 4.59. The summed E-state index contributed by atoms with van der Waals surface area (Å²) in [6, 6.07) is 7.15. The summed E-state index contributed by atoms with van der Waals surface area (Å²) in [5.41, 5.74) is 0.172. The van der Waals surface area contributed by atoms with E-state index in [-0.39, 0.29) is 11.4 Å². The molecule has 1 unspecified atom stereocenters. The molecule has 0 aliphatic carbocycles. The molecule has 1 aromatic rings. The summed E-state index contributed by atoms with van der Waals surface area (Å²) in [7, 11) is 0. The highest BCUT2D eigenvalue weighted by Gasteiger charge is 2.26. The SMILES string of the molecule is C=C(C(C)=O)C(OC(=O)OC(C)(C)C)c1cccc(Br)c1. The van der Waals surface area contributed by atoms with Gasteiger partial charge in [0.05, 0.1) is 0 Å². The number of carbonyl (C=O) groups excluding carboxylic acids is 2. The van der Waals surface area contributed by atoms with Crippen molar-refractivity contribution in [3.63, 3.8) is 0 Å². The summed E-state index contributed by atoms with van der Waals surface area (Å²) < 4.78 is 11.2. The van der Waals surface area contributed by atoms with Crippen LogP contribution >= 0.6 is 15.9 Å². The van der Waals surface area contributed by atoms with Gasteiger partial charge in [0.1, 0.15) is 5.60 Å². The molecule has 0 saturated carbocycles. The van der Waals surface area contributed by atoms with Gasteiger partial charge in [0.25, 0.3) is 0 Å². The lowest BCUT2D eigenvalue weighted by molar-refractivity contribution is -0.114. The number of Topliss-reactive ketones (excluding diaryl/α,β-unsaturated/α-hetero) is 1. The smallest absolute Gasteiger partial charge is 0.429 e. The average molecular weight is 355 g/mol. The van der Waals surface area contributed by atoms with Crippen LogP contribution in [0.25, 0.3) is 0 Å². The number of ether oxygens (including phenoxy) is 2. The summed E-state index contributed by atoms with van der Waals surface area (Å²) in [6.45, 7) is 10.3. The number of hydrogen-bond donors (Lipinski definition) is 0. The minimum absolute atomic E-state index is 0.193. The van der Waals surface area contributed by atoms with Crippen LogP contribution in [-0.4, -0.2) is 17.5 Å². The maximum Gasteiger partial charge on any atom is 0.509 e. The van der Waals surface area contributed by atoms with Crippen LogP contribution in [0.15, 0.2) is 40.9 Å². The van der Waals surface area contributed by atoms with Gasteiger partial charge >= 0.3 is 6.16 Å². The van der Waals surface area contributed by atoms with Crippen molar-refractivity contribution in [3.8, 4) is 0 Å². The second kappa shape index (κ2) is 6.89. The molecule has 4 nitrogen and oxygen atoms in total. The zero-order valence-corrected chi connectivity index (χ0v) is 14.2. The monoisotopic (exact) mass is 354 g/mol. The Morgan fingerprint density at radius 1 is 1.29 bits per heavy atom. The first-order chi connectivity index (χ1) is 9.60. The first kappa shape index (κ1) is 17.4. The molecule has 0 amide bonds. The molecule has 0 spiro atoms. The summed E-state index contributed by atoms with van der Waals surface area (Å²) >= 11 is 3.35. The van der Waals surface area contributed by atoms with E-state index in [1.54, 1.807) is 39.0 Å². The molecule has 0 fully saturated rings. The molecule has 114 valence electrons. The molecule has 0 bridgehead atoms. The fourth-order valence-electron chi connectivity index (χ4n) is 1.56. The largest absolute Gasteiger partial charge is 0.509 e. The van der Waals surface area contributed by atoms with Crippen molar-refractivity contribution in [2.24, 2.45) is 0 Å². The fourth-order valence-corrected chi connectivity index (χ4v) is 1.98. The highest BCUT2D eigenvalue weighted by molar-refractivity contribution is 9.10. The third-order valence-corrected chi connectivity index (χ3v) is 3.02. The van der Waals surface area contributed by atoms with Gasteiger partial charge in [0.2, 0.25) is 0 Å². The summed E-state index contributed by atoms with van der Waals surface area (Å²) in [6.07, 6.45) is -1.70. The van der Waals surface area contributed by atoms with Gasteiger partial charge in [-0.25, -0.2) is 4.79 Å². The van der Waals surface area contributed by atoms with E-state index in [2.05, 4.69) is 22.5 Å². The Morgan fingerprint density at radius 2 is 1.90 bits per heavy atom. The molecular weight excluding hydrogens is 336 g/mol. The van der Waals surface area contributed by atoms with E-state index in [1.165, 1.54) is 6.92 Å².